The van der Waals surface area contributed by atoms with Crippen molar-refractivity contribution >= 4 is 0 Å². The highest BCUT2D eigenvalue weighted by Crippen LogP contribution is 2.30. The van der Waals surface area contributed by atoms with Gasteiger partial charge in [-0.3, -0.25) is 0 Å². The first-order valence-corrected chi connectivity index (χ1v) is 13.7. The van der Waals surface area contributed by atoms with Gasteiger partial charge in [0, 0.05) is 0 Å². The molecule has 5 rings (SSSR count). The van der Waals surface area contributed by atoms with E-state index in [0.717, 1.165) is 22.3 Å². The molecule has 1 aliphatic rings. The Balaban J connectivity index is 1.36. The molecular formula is C34H36O6. The number of hydrogen-bond acceptors (Lipinski definition) is 6. The number of ether oxygens (including phenoxy) is 5. The van der Waals surface area contributed by atoms with Crippen LogP contribution in [0, 0.1) is 0 Å². The first kappa shape index (κ1) is 28.2. The van der Waals surface area contributed by atoms with Gasteiger partial charge in [0.2, 0.25) is 0 Å². The maximum absolute atomic E-state index is 11.2. The molecule has 6 nitrogen and oxygen atoms in total. The van der Waals surface area contributed by atoms with Gasteiger partial charge < -0.3 is 28.8 Å². The minimum atomic E-state index is -1.22. The molecule has 1 N–H and O–H groups in total. The molecular weight excluding hydrogens is 504 g/mol. The summed E-state index contributed by atoms with van der Waals surface area (Å²) in [4.78, 5) is 0. The first-order valence-electron chi connectivity index (χ1n) is 13.7. The zero-order chi connectivity index (χ0) is 27.4. The van der Waals surface area contributed by atoms with E-state index in [1.165, 1.54) is 0 Å². The maximum Gasteiger partial charge on any atom is 0.184 e. The predicted molar refractivity (Wildman–Crippen MR) is 152 cm³/mol. The minimum Gasteiger partial charge on any atom is -0.374 e. The van der Waals surface area contributed by atoms with Crippen LogP contribution in [0.25, 0.3) is 0 Å². The molecule has 0 spiro atoms. The minimum absolute atomic E-state index is 0.224. The third-order valence-electron chi connectivity index (χ3n) is 6.86. The fourth-order valence-corrected chi connectivity index (χ4v) is 4.77. The molecule has 4 aromatic carbocycles. The highest BCUT2D eigenvalue weighted by Gasteiger charge is 2.48. The molecule has 1 fully saturated rings. The molecule has 0 saturated carbocycles. The van der Waals surface area contributed by atoms with Crippen molar-refractivity contribution in [3.8, 4) is 0 Å². The second kappa shape index (κ2) is 14.9. The molecule has 0 amide bonds. The van der Waals surface area contributed by atoms with Gasteiger partial charge in [-0.15, -0.1) is 0 Å². The first-order chi connectivity index (χ1) is 19.8. The fourth-order valence-electron chi connectivity index (χ4n) is 4.77. The Morgan fingerprint density at radius 1 is 0.475 bits per heavy atom. The smallest absolute Gasteiger partial charge is 0.184 e. The van der Waals surface area contributed by atoms with Crippen molar-refractivity contribution in [1.29, 1.82) is 0 Å². The molecule has 1 aliphatic heterocycles. The summed E-state index contributed by atoms with van der Waals surface area (Å²) in [6.45, 7) is 1.65. The van der Waals surface area contributed by atoms with Crippen LogP contribution in [-0.4, -0.2) is 42.4 Å². The fraction of sp³-hybridized carbons (Fsp3) is 0.294. The largest absolute Gasteiger partial charge is 0.374 e. The summed E-state index contributed by atoms with van der Waals surface area (Å²) in [5.41, 5.74) is 4.10. The molecule has 1 heterocycles. The van der Waals surface area contributed by atoms with Gasteiger partial charge in [0.1, 0.15) is 24.4 Å². The van der Waals surface area contributed by atoms with Crippen molar-refractivity contribution in [2.45, 2.75) is 57.1 Å². The lowest BCUT2D eigenvalue weighted by Crippen LogP contribution is -2.61. The van der Waals surface area contributed by atoms with Gasteiger partial charge in [0.05, 0.1) is 33.0 Å². The Hall–Kier alpha value is -3.36. The zero-order valence-electron chi connectivity index (χ0n) is 22.5. The van der Waals surface area contributed by atoms with Crippen molar-refractivity contribution in [3.63, 3.8) is 0 Å². The summed E-state index contributed by atoms with van der Waals surface area (Å²) < 4.78 is 31.4. The SMILES string of the molecule is OC1O[C@H](COCc2ccccc2)[C@H](OCc2ccccc2)[C@@H](OCc2ccccc2)[C@@H]1OCc1ccccc1. The van der Waals surface area contributed by atoms with Crippen LogP contribution in [0.3, 0.4) is 0 Å². The summed E-state index contributed by atoms with van der Waals surface area (Å²) >= 11 is 0. The van der Waals surface area contributed by atoms with Gasteiger partial charge in [-0.05, 0) is 22.3 Å². The van der Waals surface area contributed by atoms with Crippen LogP contribution in [0.5, 0.6) is 0 Å². The molecule has 5 atom stereocenters. The lowest BCUT2D eigenvalue weighted by Gasteiger charge is -2.44. The van der Waals surface area contributed by atoms with E-state index < -0.39 is 30.7 Å². The van der Waals surface area contributed by atoms with E-state index in [1.807, 2.05) is 121 Å². The second-order valence-electron chi connectivity index (χ2n) is 9.85. The quantitative estimate of drug-likeness (QED) is 0.236. The molecule has 0 bridgehead atoms. The standard InChI is InChI=1S/C34H36O6/c35-34-33(39-24-29-19-11-4-12-20-29)32(38-23-28-17-9-3-10-18-28)31(37-22-27-15-7-2-8-16-27)30(40-34)25-36-21-26-13-5-1-6-14-26/h1-20,30-35H,21-25H2/t30-,31+,32-,33+,34?/m1/s1. The van der Waals surface area contributed by atoms with Crippen molar-refractivity contribution in [1.82, 2.24) is 0 Å². The van der Waals surface area contributed by atoms with E-state index in [1.54, 1.807) is 0 Å². The Labute approximate surface area is 236 Å². The molecule has 4 aromatic rings. The summed E-state index contributed by atoms with van der Waals surface area (Å²) in [5, 5.41) is 11.2. The van der Waals surface area contributed by atoms with E-state index in [0.29, 0.717) is 26.4 Å². The molecule has 1 unspecified atom stereocenters. The average Bonchev–Trinajstić information content (AvgIpc) is 3.01. The monoisotopic (exact) mass is 540 g/mol. The van der Waals surface area contributed by atoms with Crippen LogP contribution in [0.2, 0.25) is 0 Å². The maximum atomic E-state index is 11.2. The number of rotatable bonds is 13. The summed E-state index contributed by atoms with van der Waals surface area (Å²) in [6.07, 6.45) is -3.72. The molecule has 6 heteroatoms. The van der Waals surface area contributed by atoms with Crippen LogP contribution in [0.1, 0.15) is 22.3 Å². The normalized spacial score (nSPS) is 22.7. The summed E-state index contributed by atoms with van der Waals surface area (Å²) in [7, 11) is 0. The van der Waals surface area contributed by atoms with Crippen LogP contribution < -0.4 is 0 Å². The number of aliphatic hydroxyl groups is 1. The van der Waals surface area contributed by atoms with E-state index in [4.69, 9.17) is 23.7 Å². The van der Waals surface area contributed by atoms with Crippen molar-refractivity contribution in [2.24, 2.45) is 0 Å². The molecule has 40 heavy (non-hydrogen) atoms. The van der Waals surface area contributed by atoms with Crippen molar-refractivity contribution in [3.05, 3.63) is 144 Å². The van der Waals surface area contributed by atoms with Crippen LogP contribution >= 0.6 is 0 Å². The van der Waals surface area contributed by atoms with Gasteiger partial charge in [-0.2, -0.15) is 0 Å². The van der Waals surface area contributed by atoms with E-state index in [9.17, 15) is 5.11 Å². The van der Waals surface area contributed by atoms with Gasteiger partial charge in [0.15, 0.2) is 6.29 Å². The molecule has 0 radical (unpaired) electrons. The van der Waals surface area contributed by atoms with Crippen LogP contribution in [0.4, 0.5) is 0 Å². The summed E-state index contributed by atoms with van der Waals surface area (Å²) in [6, 6.07) is 39.7. The Kier molecular flexibility index (Phi) is 10.5. The molecule has 208 valence electrons. The number of aliphatic hydroxyl groups excluding tert-OH is 1. The number of benzene rings is 4. The van der Waals surface area contributed by atoms with Gasteiger partial charge >= 0.3 is 0 Å². The van der Waals surface area contributed by atoms with E-state index >= 15 is 0 Å². The topological polar surface area (TPSA) is 66.4 Å². The van der Waals surface area contributed by atoms with Crippen LogP contribution in [0.15, 0.2) is 121 Å². The van der Waals surface area contributed by atoms with Gasteiger partial charge in [-0.1, -0.05) is 121 Å². The van der Waals surface area contributed by atoms with Crippen LogP contribution in [-0.2, 0) is 50.1 Å². The molecule has 0 aliphatic carbocycles. The second-order valence-corrected chi connectivity index (χ2v) is 9.85. The lowest BCUT2D eigenvalue weighted by molar-refractivity contribution is -0.317. The molecule has 1 saturated heterocycles. The Morgan fingerprint density at radius 3 is 1.30 bits per heavy atom. The third kappa shape index (κ3) is 8.08. The van der Waals surface area contributed by atoms with Crippen molar-refractivity contribution in [2.75, 3.05) is 6.61 Å². The lowest BCUT2D eigenvalue weighted by atomic mass is 9.98. The highest BCUT2D eigenvalue weighted by atomic mass is 16.7. The van der Waals surface area contributed by atoms with E-state index in [2.05, 4.69) is 0 Å². The Morgan fingerprint density at radius 2 is 0.850 bits per heavy atom. The zero-order valence-corrected chi connectivity index (χ0v) is 22.5. The third-order valence-corrected chi connectivity index (χ3v) is 6.86. The predicted octanol–water partition coefficient (Wildman–Crippen LogP) is 5.68. The summed E-state index contributed by atoms with van der Waals surface area (Å²) in [5.74, 6) is 0. The molecule has 0 aromatic heterocycles. The Bertz CT molecular complexity index is 1240. The average molecular weight is 541 g/mol. The van der Waals surface area contributed by atoms with Crippen molar-refractivity contribution < 1.29 is 28.8 Å². The highest BCUT2D eigenvalue weighted by molar-refractivity contribution is 5.16. The number of hydrogen-bond donors (Lipinski definition) is 1. The van der Waals surface area contributed by atoms with E-state index in [-0.39, 0.29) is 6.61 Å². The van der Waals surface area contributed by atoms with Gasteiger partial charge in [0.25, 0.3) is 0 Å². The van der Waals surface area contributed by atoms with Gasteiger partial charge in [-0.25, -0.2) is 0 Å².